The van der Waals surface area contributed by atoms with E-state index in [-0.39, 0.29) is 11.4 Å². The van der Waals surface area contributed by atoms with Crippen molar-refractivity contribution in [2.24, 2.45) is 0 Å². The summed E-state index contributed by atoms with van der Waals surface area (Å²) in [5, 5.41) is 8.93. The minimum Gasteiger partial charge on any atom is -0.477 e. The second-order valence-corrected chi connectivity index (χ2v) is 4.36. The summed E-state index contributed by atoms with van der Waals surface area (Å²) in [4.78, 5) is 10.9. The van der Waals surface area contributed by atoms with E-state index < -0.39 is 23.4 Å². The van der Waals surface area contributed by atoms with Gasteiger partial charge in [0.25, 0.3) is 0 Å². The van der Waals surface area contributed by atoms with Crippen LogP contribution >= 0.6 is 15.9 Å². The first-order chi connectivity index (χ1) is 8.40. The zero-order valence-corrected chi connectivity index (χ0v) is 10.2. The first-order valence-corrected chi connectivity index (χ1v) is 5.45. The van der Waals surface area contributed by atoms with Crippen LogP contribution in [0.2, 0.25) is 0 Å². The third kappa shape index (κ3) is 2.13. The molecular formula is C11H5BrF3NO2. The highest BCUT2D eigenvalue weighted by atomic mass is 79.9. The van der Waals surface area contributed by atoms with Gasteiger partial charge in [-0.3, -0.25) is 0 Å². The molecular weight excluding hydrogens is 315 g/mol. The average molecular weight is 320 g/mol. The van der Waals surface area contributed by atoms with Crippen LogP contribution in [0.25, 0.3) is 5.69 Å². The van der Waals surface area contributed by atoms with Crippen LogP contribution in [0.3, 0.4) is 0 Å². The summed E-state index contributed by atoms with van der Waals surface area (Å²) in [6, 6.07) is 2.70. The molecule has 3 nitrogen and oxygen atoms in total. The fraction of sp³-hybridized carbons (Fsp3) is 0. The largest absolute Gasteiger partial charge is 0.477 e. The highest BCUT2D eigenvalue weighted by Gasteiger charge is 2.16. The van der Waals surface area contributed by atoms with E-state index in [4.69, 9.17) is 5.11 Å². The standard InChI is InChI=1S/C11H5BrF3NO2/c12-5-1-9(11(17)18)16(4-5)6-2-7(13)10(15)8(14)3-6/h1-4H,(H,17,18). The third-order valence-corrected chi connectivity index (χ3v) is 2.69. The minimum absolute atomic E-state index is 0.116. The van der Waals surface area contributed by atoms with Crippen LogP contribution in [0.15, 0.2) is 28.9 Å². The van der Waals surface area contributed by atoms with Crippen LogP contribution in [0.4, 0.5) is 13.2 Å². The molecule has 0 unspecified atom stereocenters. The number of carboxylic acids is 1. The maximum atomic E-state index is 13.1. The molecule has 0 aliphatic heterocycles. The normalized spacial score (nSPS) is 10.7. The van der Waals surface area contributed by atoms with Gasteiger partial charge in [-0.15, -0.1) is 0 Å². The fourth-order valence-corrected chi connectivity index (χ4v) is 1.91. The number of carboxylic acid groups (broad SMARTS) is 1. The van der Waals surface area contributed by atoms with Crippen LogP contribution < -0.4 is 0 Å². The Balaban J connectivity index is 2.65. The van der Waals surface area contributed by atoms with Crippen molar-refractivity contribution < 1.29 is 23.1 Å². The van der Waals surface area contributed by atoms with Gasteiger partial charge in [0.2, 0.25) is 0 Å². The van der Waals surface area contributed by atoms with Crippen molar-refractivity contribution in [3.63, 3.8) is 0 Å². The van der Waals surface area contributed by atoms with E-state index >= 15 is 0 Å². The molecule has 2 rings (SSSR count). The Morgan fingerprint density at radius 3 is 2.22 bits per heavy atom. The molecule has 7 heteroatoms. The van der Waals surface area contributed by atoms with E-state index in [1.165, 1.54) is 12.3 Å². The lowest BCUT2D eigenvalue weighted by atomic mass is 10.2. The van der Waals surface area contributed by atoms with Crippen LogP contribution in [0, 0.1) is 17.5 Å². The Kier molecular flexibility index (Phi) is 3.16. The molecule has 1 aromatic heterocycles. The maximum Gasteiger partial charge on any atom is 0.352 e. The molecule has 2 aromatic rings. The van der Waals surface area contributed by atoms with Crippen molar-refractivity contribution in [1.29, 1.82) is 0 Å². The van der Waals surface area contributed by atoms with Crippen LogP contribution in [-0.2, 0) is 0 Å². The SMILES string of the molecule is O=C(O)c1cc(Br)cn1-c1cc(F)c(F)c(F)c1. The monoisotopic (exact) mass is 319 g/mol. The van der Waals surface area contributed by atoms with Crippen molar-refractivity contribution in [2.75, 3.05) is 0 Å². The summed E-state index contributed by atoms with van der Waals surface area (Å²) < 4.78 is 40.4. The molecule has 18 heavy (non-hydrogen) atoms. The van der Waals surface area contributed by atoms with Crippen molar-refractivity contribution in [3.05, 3.63) is 52.0 Å². The van der Waals surface area contributed by atoms with Gasteiger partial charge in [0, 0.05) is 22.8 Å². The lowest BCUT2D eigenvalue weighted by molar-refractivity contribution is 0.0688. The predicted molar refractivity (Wildman–Crippen MR) is 60.3 cm³/mol. The summed E-state index contributed by atoms with van der Waals surface area (Å²) >= 11 is 3.05. The second kappa shape index (κ2) is 4.49. The Morgan fingerprint density at radius 1 is 1.17 bits per heavy atom. The Hall–Kier alpha value is -1.76. The lowest BCUT2D eigenvalue weighted by Crippen LogP contribution is -2.07. The van der Waals surface area contributed by atoms with Crippen molar-refractivity contribution in [1.82, 2.24) is 4.57 Å². The van der Waals surface area contributed by atoms with Gasteiger partial charge in [0.1, 0.15) is 5.69 Å². The Labute approximate surface area is 108 Å². The lowest BCUT2D eigenvalue weighted by Gasteiger charge is -2.07. The van der Waals surface area contributed by atoms with Gasteiger partial charge in [-0.25, -0.2) is 18.0 Å². The Bertz CT molecular complexity index is 616. The molecule has 0 amide bonds. The van der Waals surface area contributed by atoms with Gasteiger partial charge in [-0.1, -0.05) is 0 Å². The summed E-state index contributed by atoms with van der Waals surface area (Å²) in [6.45, 7) is 0. The van der Waals surface area contributed by atoms with Crippen molar-refractivity contribution in [3.8, 4) is 5.69 Å². The van der Waals surface area contributed by atoms with Gasteiger partial charge in [0.05, 0.1) is 5.69 Å². The van der Waals surface area contributed by atoms with E-state index in [1.807, 2.05) is 0 Å². The highest BCUT2D eigenvalue weighted by Crippen LogP contribution is 2.22. The number of aromatic carboxylic acids is 1. The molecule has 0 fully saturated rings. The first-order valence-electron chi connectivity index (χ1n) is 4.66. The molecule has 0 radical (unpaired) electrons. The molecule has 0 bridgehead atoms. The number of aromatic nitrogens is 1. The number of hydrogen-bond acceptors (Lipinski definition) is 1. The molecule has 0 atom stereocenters. The number of nitrogens with zero attached hydrogens (tertiary/aromatic N) is 1. The smallest absolute Gasteiger partial charge is 0.352 e. The quantitative estimate of drug-likeness (QED) is 0.862. The third-order valence-electron chi connectivity index (χ3n) is 2.25. The first kappa shape index (κ1) is 12.7. The molecule has 0 saturated heterocycles. The predicted octanol–water partition coefficient (Wildman–Crippen LogP) is 3.36. The molecule has 0 spiro atoms. The average Bonchev–Trinajstić information content (AvgIpc) is 2.67. The number of benzene rings is 1. The van der Waals surface area contributed by atoms with E-state index in [2.05, 4.69) is 15.9 Å². The summed E-state index contributed by atoms with van der Waals surface area (Å²) in [7, 11) is 0. The van der Waals surface area contributed by atoms with Crippen molar-refractivity contribution >= 4 is 21.9 Å². The van der Waals surface area contributed by atoms with Gasteiger partial charge in [0.15, 0.2) is 17.5 Å². The van der Waals surface area contributed by atoms with E-state index in [9.17, 15) is 18.0 Å². The second-order valence-electron chi connectivity index (χ2n) is 3.44. The molecule has 94 valence electrons. The van der Waals surface area contributed by atoms with Crippen LogP contribution in [-0.4, -0.2) is 15.6 Å². The van der Waals surface area contributed by atoms with E-state index in [0.717, 1.165) is 16.7 Å². The zero-order valence-electron chi connectivity index (χ0n) is 8.62. The van der Waals surface area contributed by atoms with Gasteiger partial charge < -0.3 is 9.67 Å². The van der Waals surface area contributed by atoms with Gasteiger partial charge in [-0.05, 0) is 22.0 Å². The van der Waals surface area contributed by atoms with Gasteiger partial charge in [-0.2, -0.15) is 0 Å². The summed E-state index contributed by atoms with van der Waals surface area (Å²) in [6.07, 6.45) is 1.32. The molecule has 0 saturated carbocycles. The highest BCUT2D eigenvalue weighted by molar-refractivity contribution is 9.10. The zero-order chi connectivity index (χ0) is 13.4. The maximum absolute atomic E-state index is 13.1. The molecule has 0 aliphatic rings. The molecule has 1 N–H and O–H groups in total. The number of halogens is 4. The van der Waals surface area contributed by atoms with Crippen LogP contribution in [0.5, 0.6) is 0 Å². The number of carbonyl (C=O) groups is 1. The topological polar surface area (TPSA) is 42.2 Å². The number of rotatable bonds is 2. The summed E-state index contributed by atoms with van der Waals surface area (Å²) in [5.74, 6) is -5.63. The number of hydrogen-bond donors (Lipinski definition) is 1. The van der Waals surface area contributed by atoms with Gasteiger partial charge >= 0.3 is 5.97 Å². The molecule has 1 aromatic carbocycles. The Morgan fingerprint density at radius 2 is 1.72 bits per heavy atom. The minimum atomic E-state index is -1.60. The molecule has 1 heterocycles. The van der Waals surface area contributed by atoms with Crippen LogP contribution in [0.1, 0.15) is 10.5 Å². The van der Waals surface area contributed by atoms with Crippen molar-refractivity contribution in [2.45, 2.75) is 0 Å². The fourth-order valence-electron chi connectivity index (χ4n) is 1.49. The van der Waals surface area contributed by atoms with E-state index in [1.54, 1.807) is 0 Å². The molecule has 0 aliphatic carbocycles. The summed E-state index contributed by atoms with van der Waals surface area (Å²) in [5.41, 5.74) is -0.318. The van der Waals surface area contributed by atoms with E-state index in [0.29, 0.717) is 4.47 Å².